The molecule has 0 aromatic rings. The lowest BCUT2D eigenvalue weighted by molar-refractivity contribution is 0.108. The maximum absolute atomic E-state index is 5.67. The first-order valence-corrected chi connectivity index (χ1v) is 6.36. The van der Waals surface area contributed by atoms with Crippen LogP contribution in [-0.4, -0.2) is 75.4 Å². The number of ether oxygens (including phenoxy) is 1. The Balaban J connectivity index is 1.91. The molecule has 3 atom stereocenters. The Morgan fingerprint density at radius 3 is 2.88 bits per heavy atom. The first kappa shape index (κ1) is 12.3. The number of rotatable bonds is 3. The topological polar surface area (TPSA) is 27.7 Å². The molecule has 0 spiro atoms. The third-order valence-corrected chi connectivity index (χ3v) is 3.63. The van der Waals surface area contributed by atoms with Gasteiger partial charge in [-0.1, -0.05) is 0 Å². The number of nitrogens with zero attached hydrogens (tertiary/aromatic N) is 2. The lowest BCUT2D eigenvalue weighted by Gasteiger charge is -2.38. The van der Waals surface area contributed by atoms with Gasteiger partial charge in [-0.2, -0.15) is 0 Å². The van der Waals surface area contributed by atoms with E-state index >= 15 is 0 Å². The van der Waals surface area contributed by atoms with Crippen LogP contribution in [-0.2, 0) is 4.74 Å². The summed E-state index contributed by atoms with van der Waals surface area (Å²) in [5.41, 5.74) is 0. The minimum Gasteiger partial charge on any atom is -0.379 e. The molecule has 16 heavy (non-hydrogen) atoms. The lowest BCUT2D eigenvalue weighted by Crippen LogP contribution is -2.55. The van der Waals surface area contributed by atoms with Gasteiger partial charge in [0.25, 0.3) is 0 Å². The Hall–Kier alpha value is -0.160. The Morgan fingerprint density at radius 1 is 1.38 bits per heavy atom. The summed E-state index contributed by atoms with van der Waals surface area (Å²) in [5, 5.41) is 3.50. The SMILES string of the molecule is CC1CN(C2COCC2CN(C)C)CCN1. The van der Waals surface area contributed by atoms with Crippen LogP contribution >= 0.6 is 0 Å². The van der Waals surface area contributed by atoms with Crippen LogP contribution in [0.2, 0.25) is 0 Å². The van der Waals surface area contributed by atoms with E-state index in [2.05, 4.69) is 36.1 Å². The smallest absolute Gasteiger partial charge is 0.0626 e. The average molecular weight is 227 g/mol. The van der Waals surface area contributed by atoms with Gasteiger partial charge in [-0.25, -0.2) is 0 Å². The van der Waals surface area contributed by atoms with Crippen molar-refractivity contribution in [3.63, 3.8) is 0 Å². The molecule has 0 radical (unpaired) electrons. The molecule has 0 aromatic carbocycles. The second-order valence-corrected chi connectivity index (χ2v) is 5.48. The zero-order chi connectivity index (χ0) is 11.5. The molecule has 2 saturated heterocycles. The van der Waals surface area contributed by atoms with Gasteiger partial charge < -0.3 is 15.0 Å². The summed E-state index contributed by atoms with van der Waals surface area (Å²) in [5.74, 6) is 0.681. The van der Waals surface area contributed by atoms with Gasteiger partial charge in [0.15, 0.2) is 0 Å². The fraction of sp³-hybridized carbons (Fsp3) is 1.00. The van der Waals surface area contributed by atoms with Crippen LogP contribution in [0.1, 0.15) is 6.92 Å². The maximum atomic E-state index is 5.67. The summed E-state index contributed by atoms with van der Waals surface area (Å²) in [4.78, 5) is 4.89. The first-order valence-electron chi connectivity index (χ1n) is 6.36. The average Bonchev–Trinajstić information content (AvgIpc) is 2.65. The molecule has 2 aliphatic heterocycles. The molecule has 2 rings (SSSR count). The van der Waals surface area contributed by atoms with Crippen molar-refractivity contribution in [2.24, 2.45) is 5.92 Å². The first-order chi connectivity index (χ1) is 7.66. The van der Waals surface area contributed by atoms with E-state index in [1.165, 1.54) is 6.54 Å². The molecule has 2 aliphatic rings. The molecule has 0 amide bonds. The summed E-state index contributed by atoms with van der Waals surface area (Å²) in [6, 6.07) is 1.25. The van der Waals surface area contributed by atoms with Crippen molar-refractivity contribution in [1.82, 2.24) is 15.1 Å². The van der Waals surface area contributed by atoms with Crippen molar-refractivity contribution >= 4 is 0 Å². The highest BCUT2D eigenvalue weighted by atomic mass is 16.5. The predicted molar refractivity (Wildman–Crippen MR) is 65.7 cm³/mol. The van der Waals surface area contributed by atoms with Crippen LogP contribution in [0.5, 0.6) is 0 Å². The summed E-state index contributed by atoms with van der Waals surface area (Å²) < 4.78 is 5.67. The van der Waals surface area contributed by atoms with Crippen molar-refractivity contribution in [3.05, 3.63) is 0 Å². The van der Waals surface area contributed by atoms with Crippen molar-refractivity contribution in [1.29, 1.82) is 0 Å². The zero-order valence-corrected chi connectivity index (χ0v) is 10.8. The summed E-state index contributed by atoms with van der Waals surface area (Å²) in [6.45, 7) is 8.71. The molecular formula is C12H25N3O. The second kappa shape index (κ2) is 5.45. The van der Waals surface area contributed by atoms with E-state index in [-0.39, 0.29) is 0 Å². The fourth-order valence-electron chi connectivity index (χ4n) is 2.90. The third-order valence-electron chi connectivity index (χ3n) is 3.63. The fourth-order valence-corrected chi connectivity index (χ4v) is 2.90. The van der Waals surface area contributed by atoms with E-state index in [0.717, 1.165) is 32.8 Å². The number of nitrogens with one attached hydrogen (secondary N) is 1. The standard InChI is InChI=1S/C12H25N3O/c1-10-6-15(5-4-13-10)12-9-16-8-11(12)7-14(2)3/h10-13H,4-9H2,1-3H3. The molecule has 1 N–H and O–H groups in total. The van der Waals surface area contributed by atoms with Crippen LogP contribution in [0.3, 0.4) is 0 Å². The quantitative estimate of drug-likeness (QED) is 0.726. The summed E-state index contributed by atoms with van der Waals surface area (Å²) in [7, 11) is 4.30. The highest BCUT2D eigenvalue weighted by Gasteiger charge is 2.34. The Bertz CT molecular complexity index is 222. The highest BCUT2D eigenvalue weighted by Crippen LogP contribution is 2.21. The lowest BCUT2D eigenvalue weighted by atomic mass is 10.00. The van der Waals surface area contributed by atoms with Gasteiger partial charge in [0.2, 0.25) is 0 Å². The van der Waals surface area contributed by atoms with Crippen molar-refractivity contribution < 1.29 is 4.74 Å². The van der Waals surface area contributed by atoms with E-state index in [4.69, 9.17) is 4.74 Å². The van der Waals surface area contributed by atoms with Crippen LogP contribution in [0, 0.1) is 5.92 Å². The monoisotopic (exact) mass is 227 g/mol. The number of hydrogen-bond donors (Lipinski definition) is 1. The van der Waals surface area contributed by atoms with Gasteiger partial charge in [-0.15, -0.1) is 0 Å². The van der Waals surface area contributed by atoms with Crippen molar-refractivity contribution in [2.45, 2.75) is 19.0 Å². The van der Waals surface area contributed by atoms with Gasteiger partial charge in [0.1, 0.15) is 0 Å². The molecule has 0 aliphatic carbocycles. The van der Waals surface area contributed by atoms with E-state index in [0.29, 0.717) is 18.0 Å². The van der Waals surface area contributed by atoms with Crippen molar-refractivity contribution in [2.75, 3.05) is 53.5 Å². The van der Waals surface area contributed by atoms with Gasteiger partial charge in [0, 0.05) is 44.2 Å². The van der Waals surface area contributed by atoms with Crippen LogP contribution < -0.4 is 5.32 Å². The molecule has 0 saturated carbocycles. The van der Waals surface area contributed by atoms with E-state index in [1.807, 2.05) is 0 Å². The molecule has 4 heteroatoms. The third kappa shape index (κ3) is 2.94. The van der Waals surface area contributed by atoms with Crippen LogP contribution in [0.25, 0.3) is 0 Å². The minimum absolute atomic E-state index is 0.620. The summed E-state index contributed by atoms with van der Waals surface area (Å²) in [6.07, 6.45) is 0. The largest absolute Gasteiger partial charge is 0.379 e. The molecule has 2 fully saturated rings. The van der Waals surface area contributed by atoms with E-state index in [9.17, 15) is 0 Å². The van der Waals surface area contributed by atoms with Gasteiger partial charge >= 0.3 is 0 Å². The van der Waals surface area contributed by atoms with Gasteiger partial charge in [0.05, 0.1) is 13.2 Å². The van der Waals surface area contributed by atoms with E-state index < -0.39 is 0 Å². The highest BCUT2D eigenvalue weighted by molar-refractivity contribution is 4.89. The maximum Gasteiger partial charge on any atom is 0.0626 e. The molecule has 3 unspecified atom stereocenters. The Morgan fingerprint density at radius 2 is 2.19 bits per heavy atom. The predicted octanol–water partition coefficient (Wildman–Crippen LogP) is -0.143. The van der Waals surface area contributed by atoms with Crippen LogP contribution in [0.4, 0.5) is 0 Å². The molecule has 2 heterocycles. The van der Waals surface area contributed by atoms with Gasteiger partial charge in [-0.05, 0) is 21.0 Å². The molecule has 0 bridgehead atoms. The normalized spacial score (nSPS) is 37.1. The second-order valence-electron chi connectivity index (χ2n) is 5.48. The van der Waals surface area contributed by atoms with Gasteiger partial charge in [-0.3, -0.25) is 4.90 Å². The molecule has 4 nitrogen and oxygen atoms in total. The summed E-state index contributed by atoms with van der Waals surface area (Å²) >= 11 is 0. The van der Waals surface area contributed by atoms with Crippen molar-refractivity contribution in [3.8, 4) is 0 Å². The minimum atomic E-state index is 0.620. The number of piperazine rings is 1. The molecule has 94 valence electrons. The Kier molecular flexibility index (Phi) is 4.19. The molecule has 0 aromatic heterocycles. The molecular weight excluding hydrogens is 202 g/mol. The zero-order valence-electron chi connectivity index (χ0n) is 10.8. The van der Waals surface area contributed by atoms with Crippen LogP contribution in [0.15, 0.2) is 0 Å². The van der Waals surface area contributed by atoms with E-state index in [1.54, 1.807) is 0 Å². The number of hydrogen-bond acceptors (Lipinski definition) is 4. The Labute approximate surface area is 98.9 Å².